The molecule has 0 radical (unpaired) electrons. The Balaban J connectivity index is 1.52. The van der Waals surface area contributed by atoms with Crippen LogP contribution in [-0.2, 0) is 4.79 Å². The molecule has 8 heteroatoms. The lowest BCUT2D eigenvalue weighted by Crippen LogP contribution is -2.35. The van der Waals surface area contributed by atoms with Gasteiger partial charge in [0.15, 0.2) is 5.84 Å². The first-order valence-corrected chi connectivity index (χ1v) is 10.7. The molecular formula is C24H18FN5OS. The van der Waals surface area contributed by atoms with Gasteiger partial charge in [-0.25, -0.2) is 4.39 Å². The van der Waals surface area contributed by atoms with Crippen LogP contribution in [0.2, 0.25) is 0 Å². The van der Waals surface area contributed by atoms with Crippen LogP contribution in [-0.4, -0.2) is 31.5 Å². The lowest BCUT2D eigenvalue weighted by molar-refractivity contribution is -0.114. The summed E-state index contributed by atoms with van der Waals surface area (Å²) in [6, 6.07) is 17.8. The normalized spacial score (nSPS) is 17.0. The van der Waals surface area contributed by atoms with Crippen molar-refractivity contribution in [3.63, 3.8) is 0 Å². The van der Waals surface area contributed by atoms with Crippen LogP contribution in [0, 0.1) is 25.1 Å². The highest BCUT2D eigenvalue weighted by Gasteiger charge is 2.36. The number of carbonyl (C=O) groups is 1. The van der Waals surface area contributed by atoms with Gasteiger partial charge < -0.3 is 4.57 Å². The van der Waals surface area contributed by atoms with Crippen molar-refractivity contribution in [2.45, 2.75) is 13.8 Å². The highest BCUT2D eigenvalue weighted by molar-refractivity contribution is 8.27. The number of amidine groups is 2. The molecule has 0 fully saturated rings. The number of hydrazone groups is 1. The Morgan fingerprint density at radius 1 is 1.06 bits per heavy atom. The Morgan fingerprint density at radius 2 is 1.84 bits per heavy atom. The number of hydrogen-bond donors (Lipinski definition) is 1. The summed E-state index contributed by atoms with van der Waals surface area (Å²) in [7, 11) is 0. The topological polar surface area (TPSA) is 73.8 Å². The summed E-state index contributed by atoms with van der Waals surface area (Å²) in [5.41, 5.74) is 4.24. The molecule has 5 rings (SSSR count). The van der Waals surface area contributed by atoms with Gasteiger partial charge in [-0.3, -0.25) is 10.2 Å². The van der Waals surface area contributed by atoms with E-state index < -0.39 is 5.91 Å². The second-order valence-corrected chi connectivity index (χ2v) is 8.39. The largest absolute Gasteiger partial charge is 0.318 e. The number of carbonyl (C=O) groups excluding carboxylic acids is 1. The summed E-state index contributed by atoms with van der Waals surface area (Å²) < 4.78 is 15.7. The van der Waals surface area contributed by atoms with Crippen molar-refractivity contribution in [1.82, 2.24) is 9.58 Å². The zero-order valence-corrected chi connectivity index (χ0v) is 18.2. The minimum Gasteiger partial charge on any atom is -0.318 e. The van der Waals surface area contributed by atoms with Gasteiger partial charge in [0, 0.05) is 22.6 Å². The minimum absolute atomic E-state index is 0.0195. The summed E-state index contributed by atoms with van der Waals surface area (Å²) in [5.74, 6) is -0.817. The summed E-state index contributed by atoms with van der Waals surface area (Å²) in [4.78, 5) is 16.9. The second-order valence-electron chi connectivity index (χ2n) is 7.43. The monoisotopic (exact) mass is 443 g/mol. The zero-order valence-electron chi connectivity index (χ0n) is 17.3. The molecule has 0 spiro atoms. The number of halogens is 1. The molecule has 2 aromatic carbocycles. The molecule has 0 bridgehead atoms. The van der Waals surface area contributed by atoms with Crippen molar-refractivity contribution >= 4 is 39.8 Å². The van der Waals surface area contributed by atoms with Gasteiger partial charge >= 0.3 is 0 Å². The third-order valence-corrected chi connectivity index (χ3v) is 6.27. The number of hydrogen-bond acceptors (Lipinski definition) is 4. The molecule has 3 heterocycles. The molecule has 32 heavy (non-hydrogen) atoms. The summed E-state index contributed by atoms with van der Waals surface area (Å²) in [6.45, 7) is 3.81. The van der Waals surface area contributed by atoms with Gasteiger partial charge in [0.25, 0.3) is 5.91 Å². The molecule has 2 aliphatic rings. The van der Waals surface area contributed by atoms with Crippen LogP contribution in [0.4, 0.5) is 4.39 Å². The number of rotatable bonds is 3. The van der Waals surface area contributed by atoms with Gasteiger partial charge in [0.2, 0.25) is 5.17 Å². The SMILES string of the molecule is Cc1cc(C=C2C(=N)N3N=C(c4ccccc4)SC3=NC2=O)c(C)n1-c1cccc(F)c1. The molecule has 0 aliphatic carbocycles. The van der Waals surface area contributed by atoms with Gasteiger partial charge in [0.1, 0.15) is 10.9 Å². The highest BCUT2D eigenvalue weighted by Crippen LogP contribution is 2.31. The van der Waals surface area contributed by atoms with E-state index in [1.807, 2.05) is 60.9 Å². The Morgan fingerprint density at radius 3 is 2.59 bits per heavy atom. The summed E-state index contributed by atoms with van der Waals surface area (Å²) in [6.07, 6.45) is 1.66. The predicted octanol–water partition coefficient (Wildman–Crippen LogP) is 4.90. The average Bonchev–Trinajstić information content (AvgIpc) is 3.32. The first-order chi connectivity index (χ1) is 15.4. The standard InChI is InChI=1S/C24H18FN5OS/c1-14-11-17(15(2)29(14)19-10-6-9-18(25)13-19)12-20-21(26)30-24(27-22(20)31)32-23(28-30)16-7-4-3-5-8-16/h3-13,26H,1-2H3. The maximum atomic E-state index is 13.7. The highest BCUT2D eigenvalue weighted by atomic mass is 32.2. The Kier molecular flexibility index (Phi) is 4.86. The van der Waals surface area contributed by atoms with Crippen LogP contribution in [0.15, 0.2) is 76.3 Å². The molecule has 0 atom stereocenters. The number of nitrogens with zero attached hydrogens (tertiary/aromatic N) is 4. The fourth-order valence-corrected chi connectivity index (χ4v) is 4.69. The molecular weight excluding hydrogens is 425 g/mol. The quantitative estimate of drug-likeness (QED) is 0.585. The molecule has 1 amide bonds. The van der Waals surface area contributed by atoms with Crippen LogP contribution >= 0.6 is 11.8 Å². The van der Waals surface area contributed by atoms with E-state index in [1.165, 1.54) is 28.9 Å². The molecule has 6 nitrogen and oxygen atoms in total. The molecule has 3 aromatic rings. The zero-order chi connectivity index (χ0) is 22.4. The van der Waals surface area contributed by atoms with Gasteiger partial charge in [-0.05, 0) is 61.5 Å². The van der Waals surface area contributed by atoms with E-state index >= 15 is 0 Å². The van der Waals surface area contributed by atoms with Gasteiger partial charge in [-0.2, -0.15) is 15.1 Å². The van der Waals surface area contributed by atoms with Crippen molar-refractivity contribution in [1.29, 1.82) is 5.41 Å². The van der Waals surface area contributed by atoms with Crippen molar-refractivity contribution in [3.8, 4) is 5.69 Å². The fraction of sp³-hybridized carbons (Fsp3) is 0.0833. The molecule has 0 saturated heterocycles. The first-order valence-electron chi connectivity index (χ1n) is 9.93. The number of aliphatic imine (C=N–C) groups is 1. The number of aromatic nitrogens is 1. The molecule has 158 valence electrons. The Labute approximate surface area is 188 Å². The van der Waals surface area contributed by atoms with Crippen LogP contribution in [0.25, 0.3) is 11.8 Å². The third-order valence-electron chi connectivity index (χ3n) is 5.31. The van der Waals surface area contributed by atoms with Gasteiger partial charge in [-0.15, -0.1) is 0 Å². The minimum atomic E-state index is -0.478. The van der Waals surface area contributed by atoms with E-state index in [2.05, 4.69) is 10.1 Å². The van der Waals surface area contributed by atoms with Crippen molar-refractivity contribution < 1.29 is 9.18 Å². The van der Waals surface area contributed by atoms with Gasteiger partial charge in [0.05, 0.1) is 5.57 Å². The summed E-state index contributed by atoms with van der Waals surface area (Å²) in [5, 5.41) is 15.6. The molecule has 0 saturated carbocycles. The van der Waals surface area contributed by atoms with E-state index in [4.69, 9.17) is 5.41 Å². The second kappa shape index (κ2) is 7.72. The van der Waals surface area contributed by atoms with Gasteiger partial charge in [-0.1, -0.05) is 36.4 Å². The molecule has 2 aliphatic heterocycles. The summed E-state index contributed by atoms with van der Waals surface area (Å²) >= 11 is 1.27. The maximum Gasteiger partial charge on any atom is 0.283 e. The van der Waals surface area contributed by atoms with E-state index in [-0.39, 0.29) is 17.2 Å². The van der Waals surface area contributed by atoms with Crippen molar-refractivity contribution in [2.75, 3.05) is 0 Å². The lowest BCUT2D eigenvalue weighted by atomic mass is 10.1. The Hall–Kier alpha value is -3.78. The number of fused-ring (bicyclic) bond motifs is 1. The van der Waals surface area contributed by atoms with Crippen LogP contribution < -0.4 is 0 Å². The average molecular weight is 444 g/mol. The number of thioether (sulfide) groups is 1. The number of nitrogens with one attached hydrogen (secondary N) is 1. The fourth-order valence-electron chi connectivity index (χ4n) is 3.79. The molecule has 1 N–H and O–H groups in total. The van der Waals surface area contributed by atoms with E-state index in [9.17, 15) is 9.18 Å². The lowest BCUT2D eigenvalue weighted by Gasteiger charge is -2.20. The first kappa shape index (κ1) is 20.1. The number of aryl methyl sites for hydroxylation is 1. The van der Waals surface area contributed by atoms with Crippen molar-refractivity contribution in [3.05, 3.63) is 94.6 Å². The van der Waals surface area contributed by atoms with Crippen molar-refractivity contribution in [2.24, 2.45) is 10.1 Å². The number of amides is 1. The van der Waals surface area contributed by atoms with Crippen LogP contribution in [0.5, 0.6) is 0 Å². The van der Waals surface area contributed by atoms with Crippen LogP contribution in [0.3, 0.4) is 0 Å². The maximum absolute atomic E-state index is 13.7. The Bertz CT molecular complexity index is 1370. The predicted molar refractivity (Wildman–Crippen MR) is 126 cm³/mol. The van der Waals surface area contributed by atoms with E-state index in [0.29, 0.717) is 15.9 Å². The third kappa shape index (κ3) is 3.38. The van der Waals surface area contributed by atoms with E-state index in [1.54, 1.807) is 12.1 Å². The number of benzene rings is 2. The van der Waals surface area contributed by atoms with Crippen LogP contribution in [0.1, 0.15) is 22.5 Å². The molecule has 1 aromatic heterocycles. The molecule has 0 unspecified atom stereocenters. The van der Waals surface area contributed by atoms with E-state index in [0.717, 1.165) is 22.5 Å². The smallest absolute Gasteiger partial charge is 0.283 e.